The summed E-state index contributed by atoms with van der Waals surface area (Å²) in [6.07, 6.45) is 0. The molecule has 2 rings (SSSR count). The Labute approximate surface area is 103 Å². The maximum absolute atomic E-state index is 5.60. The number of nitrogens with zero attached hydrogens (tertiary/aromatic N) is 1. The van der Waals surface area contributed by atoms with E-state index in [1.54, 1.807) is 0 Å². The quantitative estimate of drug-likeness (QED) is 0.870. The molecule has 2 heteroatoms. The molecule has 0 atom stereocenters. The lowest BCUT2D eigenvalue weighted by Gasteiger charge is -2.21. The second-order valence-electron chi connectivity index (χ2n) is 4.22. The Hall–Kier alpha value is -1.80. The molecule has 2 aromatic rings. The molecule has 0 aliphatic heterocycles. The lowest BCUT2D eigenvalue weighted by Crippen LogP contribution is -2.10. The molecule has 0 bridgehead atoms. The summed E-state index contributed by atoms with van der Waals surface area (Å²) in [5.41, 5.74) is 10.4. The summed E-state index contributed by atoms with van der Waals surface area (Å²) in [5.74, 6) is 0. The molecule has 0 unspecified atom stereocenters. The first kappa shape index (κ1) is 11.7. The fraction of sp³-hybridized carbons (Fsp3) is 0.200. The summed E-state index contributed by atoms with van der Waals surface area (Å²) in [6.45, 7) is 2.72. The number of benzene rings is 2. The Balaban J connectivity index is 2.30. The Morgan fingerprint density at radius 3 is 2.24 bits per heavy atom. The largest absolute Gasteiger partial charge is 0.344 e. The van der Waals surface area contributed by atoms with Crippen LogP contribution in [0.5, 0.6) is 0 Å². The second kappa shape index (κ2) is 5.02. The first-order chi connectivity index (χ1) is 8.22. The van der Waals surface area contributed by atoms with Crippen molar-refractivity contribution in [3.8, 4) is 0 Å². The minimum Gasteiger partial charge on any atom is -0.344 e. The van der Waals surface area contributed by atoms with Crippen LogP contribution in [0.4, 0.5) is 11.4 Å². The monoisotopic (exact) mass is 226 g/mol. The van der Waals surface area contributed by atoms with Crippen molar-refractivity contribution >= 4 is 11.4 Å². The lowest BCUT2D eigenvalue weighted by molar-refractivity contribution is 1.07. The molecule has 0 aliphatic carbocycles. The molecular weight excluding hydrogens is 208 g/mol. The third-order valence-corrected chi connectivity index (χ3v) is 3.04. The summed E-state index contributed by atoms with van der Waals surface area (Å²) in [6, 6.07) is 16.7. The summed E-state index contributed by atoms with van der Waals surface area (Å²) in [7, 11) is 2.08. The highest BCUT2D eigenvalue weighted by molar-refractivity contribution is 5.65. The molecular formula is C15H18N2. The van der Waals surface area contributed by atoms with E-state index in [9.17, 15) is 0 Å². The molecule has 0 aliphatic rings. The van der Waals surface area contributed by atoms with Gasteiger partial charge in [-0.2, -0.15) is 0 Å². The molecule has 0 aromatic heterocycles. The highest BCUT2D eigenvalue weighted by Crippen LogP contribution is 2.26. The van der Waals surface area contributed by atoms with Crippen LogP contribution >= 0.6 is 0 Å². The predicted octanol–water partition coefficient (Wildman–Crippen LogP) is 3.22. The van der Waals surface area contributed by atoms with Crippen LogP contribution in [-0.2, 0) is 6.54 Å². The molecule has 0 amide bonds. The summed E-state index contributed by atoms with van der Waals surface area (Å²) < 4.78 is 0. The first-order valence-corrected chi connectivity index (χ1v) is 5.80. The van der Waals surface area contributed by atoms with Crippen molar-refractivity contribution in [1.29, 1.82) is 0 Å². The number of nitrogens with two attached hydrogens (primary N) is 1. The van der Waals surface area contributed by atoms with Crippen molar-refractivity contribution in [3.63, 3.8) is 0 Å². The molecule has 2 aromatic carbocycles. The molecule has 2 nitrogen and oxygen atoms in total. The number of aryl methyl sites for hydroxylation is 1. The standard InChI is InChI=1S/C15H18N2/c1-12-5-3-4-6-15(12)17(2)14-9-7-13(11-16)8-10-14/h3-10H,11,16H2,1-2H3. The topological polar surface area (TPSA) is 29.3 Å². The zero-order valence-electron chi connectivity index (χ0n) is 10.4. The molecule has 0 heterocycles. The van der Waals surface area contributed by atoms with Gasteiger partial charge in [-0.25, -0.2) is 0 Å². The van der Waals surface area contributed by atoms with Gasteiger partial charge in [0, 0.05) is 25.0 Å². The maximum atomic E-state index is 5.60. The molecule has 0 radical (unpaired) electrons. The fourth-order valence-electron chi connectivity index (χ4n) is 1.93. The van der Waals surface area contributed by atoms with Gasteiger partial charge in [-0.05, 0) is 36.2 Å². The average Bonchev–Trinajstić information content (AvgIpc) is 2.39. The number of para-hydroxylation sites is 1. The van der Waals surface area contributed by atoms with Crippen molar-refractivity contribution in [2.75, 3.05) is 11.9 Å². The predicted molar refractivity (Wildman–Crippen MR) is 73.6 cm³/mol. The third kappa shape index (κ3) is 2.48. The minimum absolute atomic E-state index is 0.592. The molecule has 0 spiro atoms. The summed E-state index contributed by atoms with van der Waals surface area (Å²) in [4.78, 5) is 2.19. The molecule has 88 valence electrons. The lowest BCUT2D eigenvalue weighted by atomic mass is 10.1. The molecule has 0 saturated carbocycles. The van der Waals surface area contributed by atoms with Gasteiger partial charge >= 0.3 is 0 Å². The normalized spacial score (nSPS) is 10.3. The molecule has 2 N–H and O–H groups in total. The van der Waals surface area contributed by atoms with Crippen LogP contribution in [0.2, 0.25) is 0 Å². The molecule has 17 heavy (non-hydrogen) atoms. The van der Waals surface area contributed by atoms with E-state index in [1.807, 2.05) is 0 Å². The smallest absolute Gasteiger partial charge is 0.0437 e. The van der Waals surface area contributed by atoms with Crippen LogP contribution in [0.3, 0.4) is 0 Å². The molecule has 0 saturated heterocycles. The van der Waals surface area contributed by atoms with Crippen molar-refractivity contribution in [2.45, 2.75) is 13.5 Å². The van der Waals surface area contributed by atoms with Crippen LogP contribution < -0.4 is 10.6 Å². The van der Waals surface area contributed by atoms with E-state index in [0.29, 0.717) is 6.54 Å². The van der Waals surface area contributed by atoms with Crippen molar-refractivity contribution < 1.29 is 0 Å². The van der Waals surface area contributed by atoms with Gasteiger partial charge in [-0.15, -0.1) is 0 Å². The fourth-order valence-corrected chi connectivity index (χ4v) is 1.93. The van der Waals surface area contributed by atoms with Gasteiger partial charge in [0.25, 0.3) is 0 Å². The van der Waals surface area contributed by atoms with Crippen molar-refractivity contribution in [3.05, 3.63) is 59.7 Å². The summed E-state index contributed by atoms with van der Waals surface area (Å²) in [5, 5.41) is 0. The van der Waals surface area contributed by atoms with Crippen LogP contribution in [0, 0.1) is 6.92 Å². The second-order valence-corrected chi connectivity index (χ2v) is 4.22. The number of hydrogen-bond donors (Lipinski definition) is 1. The molecule has 0 fully saturated rings. The number of hydrogen-bond acceptors (Lipinski definition) is 2. The van der Waals surface area contributed by atoms with Crippen LogP contribution in [0.25, 0.3) is 0 Å². The Morgan fingerprint density at radius 2 is 1.65 bits per heavy atom. The van der Waals surface area contributed by atoms with Gasteiger partial charge in [0.2, 0.25) is 0 Å². The van der Waals surface area contributed by atoms with E-state index in [-0.39, 0.29) is 0 Å². The number of rotatable bonds is 3. The van der Waals surface area contributed by atoms with Crippen molar-refractivity contribution in [2.24, 2.45) is 5.73 Å². The van der Waals surface area contributed by atoms with E-state index in [0.717, 1.165) is 5.56 Å². The number of anilines is 2. The Morgan fingerprint density at radius 1 is 1.00 bits per heavy atom. The van der Waals surface area contributed by atoms with Crippen LogP contribution in [0.1, 0.15) is 11.1 Å². The first-order valence-electron chi connectivity index (χ1n) is 5.80. The summed E-state index contributed by atoms with van der Waals surface area (Å²) >= 11 is 0. The van der Waals surface area contributed by atoms with Gasteiger partial charge in [0.1, 0.15) is 0 Å². The average molecular weight is 226 g/mol. The third-order valence-electron chi connectivity index (χ3n) is 3.04. The van der Waals surface area contributed by atoms with Crippen LogP contribution in [0.15, 0.2) is 48.5 Å². The van der Waals surface area contributed by atoms with Crippen molar-refractivity contribution in [1.82, 2.24) is 0 Å². The van der Waals surface area contributed by atoms with E-state index in [4.69, 9.17) is 5.73 Å². The Bertz CT molecular complexity index is 489. The van der Waals surface area contributed by atoms with Gasteiger partial charge in [0.15, 0.2) is 0 Å². The van der Waals surface area contributed by atoms with E-state index in [1.165, 1.54) is 16.9 Å². The van der Waals surface area contributed by atoms with E-state index in [2.05, 4.69) is 67.4 Å². The zero-order chi connectivity index (χ0) is 12.3. The van der Waals surface area contributed by atoms with Gasteiger partial charge < -0.3 is 10.6 Å². The maximum Gasteiger partial charge on any atom is 0.0437 e. The minimum atomic E-state index is 0.592. The Kier molecular flexibility index (Phi) is 3.45. The van der Waals surface area contributed by atoms with E-state index >= 15 is 0 Å². The highest BCUT2D eigenvalue weighted by Gasteiger charge is 2.05. The van der Waals surface area contributed by atoms with E-state index < -0.39 is 0 Å². The zero-order valence-corrected chi connectivity index (χ0v) is 10.4. The van der Waals surface area contributed by atoms with Gasteiger partial charge in [0.05, 0.1) is 0 Å². The van der Waals surface area contributed by atoms with Gasteiger partial charge in [-0.1, -0.05) is 30.3 Å². The highest BCUT2D eigenvalue weighted by atomic mass is 15.1. The van der Waals surface area contributed by atoms with Gasteiger partial charge in [-0.3, -0.25) is 0 Å². The van der Waals surface area contributed by atoms with Crippen LogP contribution in [-0.4, -0.2) is 7.05 Å². The SMILES string of the molecule is Cc1ccccc1N(C)c1ccc(CN)cc1.